The van der Waals surface area contributed by atoms with Crippen molar-refractivity contribution in [1.29, 1.82) is 0 Å². The van der Waals surface area contributed by atoms with Gasteiger partial charge in [-0.05, 0) is 53.6 Å². The van der Waals surface area contributed by atoms with Crippen LogP contribution in [0, 0.1) is 0 Å². The molecule has 0 bridgehead atoms. The Kier molecular flexibility index (Phi) is 8.07. The number of nitrogens with zero attached hydrogens (tertiary/aromatic N) is 5. The number of hydrogen-bond acceptors (Lipinski definition) is 4. The number of para-hydroxylation sites is 4. The van der Waals surface area contributed by atoms with Crippen molar-refractivity contribution in [3.05, 3.63) is 212 Å². The largest absolute Gasteiger partial charge is 0.309 e. The Morgan fingerprint density at radius 3 is 1.50 bits per heavy atom. The molecule has 1 aliphatic heterocycles. The lowest BCUT2D eigenvalue weighted by Gasteiger charge is -2.27. The van der Waals surface area contributed by atoms with E-state index in [9.17, 15) is 0 Å². The molecule has 0 N–H and O–H groups in total. The number of anilines is 3. The maximum absolute atomic E-state index is 5.16. The molecule has 0 saturated carbocycles. The summed E-state index contributed by atoms with van der Waals surface area (Å²) in [4.78, 5) is 17.7. The first-order valence-corrected chi connectivity index (χ1v) is 19.5. The molecule has 0 fully saturated rings. The van der Waals surface area contributed by atoms with Crippen LogP contribution in [-0.4, -0.2) is 19.5 Å². The molecule has 0 amide bonds. The van der Waals surface area contributed by atoms with Crippen molar-refractivity contribution in [3.63, 3.8) is 0 Å². The molecule has 0 atom stereocenters. The molecule has 3 heterocycles. The van der Waals surface area contributed by atoms with Gasteiger partial charge >= 0.3 is 0 Å². The highest BCUT2D eigenvalue weighted by molar-refractivity contribution is 6.13. The molecule has 0 radical (unpaired) electrons. The van der Waals surface area contributed by atoms with Crippen LogP contribution in [-0.2, 0) is 0 Å². The minimum atomic E-state index is 0.612. The maximum Gasteiger partial charge on any atom is 0.164 e. The summed E-state index contributed by atoms with van der Waals surface area (Å²) in [6.07, 6.45) is 0. The first-order valence-electron chi connectivity index (χ1n) is 19.5. The minimum Gasteiger partial charge on any atom is -0.309 e. The van der Waals surface area contributed by atoms with E-state index in [4.69, 9.17) is 15.0 Å². The van der Waals surface area contributed by atoms with Gasteiger partial charge in [0.05, 0.1) is 22.6 Å². The predicted molar refractivity (Wildman–Crippen MR) is 238 cm³/mol. The fraction of sp³-hybridized carbons (Fsp3) is 0. The van der Waals surface area contributed by atoms with Gasteiger partial charge in [-0.1, -0.05) is 170 Å². The minimum absolute atomic E-state index is 0.612. The van der Waals surface area contributed by atoms with E-state index in [-0.39, 0.29) is 0 Å². The summed E-state index contributed by atoms with van der Waals surface area (Å²) in [6, 6.07) is 74.6. The summed E-state index contributed by atoms with van der Waals surface area (Å²) >= 11 is 0. The first-order chi connectivity index (χ1) is 28.8. The summed E-state index contributed by atoms with van der Waals surface area (Å²) in [6.45, 7) is 0. The Morgan fingerprint density at radius 2 is 0.793 bits per heavy atom. The fourth-order valence-corrected chi connectivity index (χ4v) is 8.35. The Labute approximate surface area is 336 Å². The van der Waals surface area contributed by atoms with Gasteiger partial charge in [0, 0.05) is 50.1 Å². The molecule has 0 spiro atoms. The monoisotopic (exact) mass is 741 g/mol. The number of hydrogen-bond donors (Lipinski definition) is 0. The van der Waals surface area contributed by atoms with Crippen LogP contribution in [0.2, 0.25) is 0 Å². The second-order valence-corrected chi connectivity index (χ2v) is 14.4. The van der Waals surface area contributed by atoms with Gasteiger partial charge in [-0.25, -0.2) is 15.0 Å². The van der Waals surface area contributed by atoms with E-state index in [1.807, 2.05) is 36.4 Å². The van der Waals surface area contributed by atoms with Gasteiger partial charge in [-0.15, -0.1) is 0 Å². The second kappa shape index (κ2) is 14.0. The Balaban J connectivity index is 1.12. The van der Waals surface area contributed by atoms with Crippen LogP contribution in [0.15, 0.2) is 212 Å². The van der Waals surface area contributed by atoms with Gasteiger partial charge in [-0.3, -0.25) is 0 Å². The van der Waals surface area contributed by atoms with E-state index >= 15 is 0 Å². The van der Waals surface area contributed by atoms with Crippen LogP contribution in [0.4, 0.5) is 17.1 Å². The average molecular weight is 742 g/mol. The van der Waals surface area contributed by atoms with Gasteiger partial charge < -0.3 is 9.47 Å². The average Bonchev–Trinajstić information content (AvgIpc) is 3.59. The van der Waals surface area contributed by atoms with Crippen molar-refractivity contribution in [2.24, 2.45) is 0 Å². The van der Waals surface area contributed by atoms with Gasteiger partial charge in [-0.2, -0.15) is 0 Å². The lowest BCUT2D eigenvalue weighted by Crippen LogP contribution is -2.11. The van der Waals surface area contributed by atoms with E-state index < -0.39 is 0 Å². The quantitative estimate of drug-likeness (QED) is 0.170. The lowest BCUT2D eigenvalue weighted by atomic mass is 9.98. The zero-order valence-corrected chi connectivity index (χ0v) is 31.4. The van der Waals surface area contributed by atoms with Gasteiger partial charge in [0.1, 0.15) is 0 Å². The molecule has 5 heteroatoms. The molecule has 5 nitrogen and oxygen atoms in total. The van der Waals surface area contributed by atoms with Crippen molar-refractivity contribution in [2.75, 3.05) is 4.90 Å². The van der Waals surface area contributed by atoms with E-state index in [0.29, 0.717) is 17.5 Å². The third kappa shape index (κ3) is 5.68. The summed E-state index contributed by atoms with van der Waals surface area (Å²) in [5, 5.41) is 1.19. The van der Waals surface area contributed by atoms with Crippen molar-refractivity contribution in [1.82, 2.24) is 19.5 Å². The van der Waals surface area contributed by atoms with Crippen LogP contribution in [0.1, 0.15) is 0 Å². The normalized spacial score (nSPS) is 11.8. The molecule has 8 aromatic carbocycles. The van der Waals surface area contributed by atoms with Crippen molar-refractivity contribution in [2.45, 2.75) is 0 Å². The van der Waals surface area contributed by atoms with Crippen molar-refractivity contribution in [3.8, 4) is 73.4 Å². The van der Waals surface area contributed by atoms with Crippen LogP contribution >= 0.6 is 0 Å². The van der Waals surface area contributed by atoms with E-state index in [1.165, 1.54) is 22.1 Å². The topological polar surface area (TPSA) is 46.8 Å². The summed E-state index contributed by atoms with van der Waals surface area (Å²) in [5.74, 6) is 1.87. The van der Waals surface area contributed by atoms with Gasteiger partial charge in [0.15, 0.2) is 17.5 Å². The van der Waals surface area contributed by atoms with Crippen molar-refractivity contribution < 1.29 is 0 Å². The molecular formula is C53H35N5. The number of benzene rings is 8. The highest BCUT2D eigenvalue weighted by Crippen LogP contribution is 2.54. The number of rotatable bonds is 6. The summed E-state index contributed by atoms with van der Waals surface area (Å²) < 4.78 is 2.42. The van der Waals surface area contributed by atoms with Gasteiger partial charge in [0.25, 0.3) is 0 Å². The molecule has 1 aliphatic rings. The Bertz CT molecular complexity index is 3100. The van der Waals surface area contributed by atoms with Crippen molar-refractivity contribution >= 4 is 28.0 Å². The van der Waals surface area contributed by atoms with E-state index in [1.54, 1.807) is 0 Å². The third-order valence-corrected chi connectivity index (χ3v) is 11.0. The Hall–Kier alpha value is -7.89. The predicted octanol–water partition coefficient (Wildman–Crippen LogP) is 13.6. The van der Waals surface area contributed by atoms with Gasteiger partial charge in [0.2, 0.25) is 0 Å². The summed E-state index contributed by atoms with van der Waals surface area (Å²) in [5.41, 5.74) is 15.3. The molecule has 10 aromatic rings. The molecule has 0 saturated heterocycles. The van der Waals surface area contributed by atoms with E-state index in [0.717, 1.165) is 61.8 Å². The molecule has 58 heavy (non-hydrogen) atoms. The molecular weight excluding hydrogens is 707 g/mol. The SMILES string of the molecule is c1ccc(-c2ccc(-c3nc(-c4ccccc4)nc(-c4cccc(-n5c6c(c7ccccc75)-c5ccccc5N(c5ccccc5)c5ccccc5-6)c4)n3)cc2)cc1. The molecule has 272 valence electrons. The summed E-state index contributed by atoms with van der Waals surface area (Å²) in [7, 11) is 0. The molecule has 2 aromatic heterocycles. The molecule has 0 aliphatic carbocycles. The molecule has 11 rings (SSSR count). The number of aromatic nitrogens is 4. The third-order valence-electron chi connectivity index (χ3n) is 11.0. The fourth-order valence-electron chi connectivity index (χ4n) is 8.35. The smallest absolute Gasteiger partial charge is 0.164 e. The van der Waals surface area contributed by atoms with Crippen LogP contribution in [0.25, 0.3) is 84.3 Å². The Morgan fingerprint density at radius 1 is 0.328 bits per heavy atom. The van der Waals surface area contributed by atoms with E-state index in [2.05, 4.69) is 185 Å². The standard InChI is InChI=1S/C53H35N5/c1-4-17-36(18-5-1)37-31-33-39(34-32-37)52-54-51(38-19-6-2-7-20-38)55-53(56-52)40-21-16-24-42(35-40)58-47-29-14-11-26-44(47)49-43-25-10-13-28-46(43)57(41-22-8-3-9-23-41)48-30-15-12-27-45(48)50(49)58/h1-35H. The lowest BCUT2D eigenvalue weighted by molar-refractivity contribution is 1.07. The second-order valence-electron chi connectivity index (χ2n) is 14.4. The highest BCUT2D eigenvalue weighted by atomic mass is 15.2. The number of fused-ring (bicyclic) bond motifs is 7. The zero-order chi connectivity index (χ0) is 38.4. The van der Waals surface area contributed by atoms with Crippen LogP contribution in [0.3, 0.4) is 0 Å². The van der Waals surface area contributed by atoms with Crippen LogP contribution < -0.4 is 4.90 Å². The zero-order valence-electron chi connectivity index (χ0n) is 31.4. The highest BCUT2D eigenvalue weighted by Gasteiger charge is 2.31. The maximum atomic E-state index is 5.16. The first kappa shape index (κ1) is 33.4. The molecule has 0 unspecified atom stereocenters. The van der Waals surface area contributed by atoms with Crippen LogP contribution in [0.5, 0.6) is 0 Å².